The van der Waals surface area contributed by atoms with Crippen LogP contribution in [0.5, 0.6) is 0 Å². The second kappa shape index (κ2) is 8.15. The molecule has 1 fully saturated rings. The van der Waals surface area contributed by atoms with Crippen LogP contribution < -0.4 is 0 Å². The summed E-state index contributed by atoms with van der Waals surface area (Å²) >= 11 is 0. The first-order valence-corrected chi connectivity index (χ1v) is 10.0. The van der Waals surface area contributed by atoms with E-state index in [1.807, 2.05) is 30.3 Å². The maximum atomic E-state index is 12.8. The number of rotatable bonds is 6. The van der Waals surface area contributed by atoms with Gasteiger partial charge in [-0.2, -0.15) is 5.10 Å². The van der Waals surface area contributed by atoms with Crippen molar-refractivity contribution in [2.24, 2.45) is 7.05 Å². The molecule has 1 N–H and O–H groups in total. The second-order valence-corrected chi connectivity index (χ2v) is 7.76. The van der Waals surface area contributed by atoms with Crippen LogP contribution in [0.3, 0.4) is 0 Å². The summed E-state index contributed by atoms with van der Waals surface area (Å²) in [5.74, 6) is 0.189. The van der Waals surface area contributed by atoms with Crippen LogP contribution in [0.15, 0.2) is 54.9 Å². The minimum Gasteiger partial charge on any atom is -0.388 e. The number of likely N-dealkylation sites (tertiary alicyclic amines) is 1. The maximum Gasteiger partial charge on any atom is 0.223 e. The molecule has 2 aromatic carbocycles. The van der Waals surface area contributed by atoms with Crippen molar-refractivity contribution in [2.75, 3.05) is 6.54 Å². The lowest BCUT2D eigenvalue weighted by atomic mass is 10.0. The molecule has 0 bridgehead atoms. The van der Waals surface area contributed by atoms with Crippen molar-refractivity contribution in [2.45, 2.75) is 44.2 Å². The summed E-state index contributed by atoms with van der Waals surface area (Å²) in [5.41, 5.74) is 2.01. The molecule has 0 unspecified atom stereocenters. The molecule has 28 heavy (non-hydrogen) atoms. The third-order valence-corrected chi connectivity index (χ3v) is 5.74. The van der Waals surface area contributed by atoms with E-state index < -0.39 is 6.10 Å². The van der Waals surface area contributed by atoms with Crippen molar-refractivity contribution in [1.29, 1.82) is 0 Å². The lowest BCUT2D eigenvalue weighted by molar-refractivity contribution is -0.132. The lowest BCUT2D eigenvalue weighted by Gasteiger charge is -2.26. The molecule has 2 atom stereocenters. The van der Waals surface area contributed by atoms with Crippen molar-refractivity contribution in [1.82, 2.24) is 14.7 Å². The van der Waals surface area contributed by atoms with E-state index in [4.69, 9.17) is 0 Å². The Kier molecular flexibility index (Phi) is 5.44. The molecule has 1 aliphatic heterocycles. The third kappa shape index (κ3) is 4.09. The highest BCUT2D eigenvalue weighted by molar-refractivity contribution is 5.83. The summed E-state index contributed by atoms with van der Waals surface area (Å²) in [4.78, 5) is 14.8. The van der Waals surface area contributed by atoms with Gasteiger partial charge < -0.3 is 10.0 Å². The SMILES string of the molecule is Cn1cc([C@H](O)C[C@@H]2CCCN2C(=O)CCc2ccc3ccccc3c2)cn1. The maximum absolute atomic E-state index is 12.8. The Morgan fingerprint density at radius 2 is 2.07 bits per heavy atom. The Labute approximate surface area is 165 Å². The summed E-state index contributed by atoms with van der Waals surface area (Å²) < 4.78 is 1.69. The van der Waals surface area contributed by atoms with Crippen molar-refractivity contribution in [3.63, 3.8) is 0 Å². The fraction of sp³-hybridized carbons (Fsp3) is 0.391. The summed E-state index contributed by atoms with van der Waals surface area (Å²) in [6.07, 6.45) is 6.76. The fourth-order valence-electron chi connectivity index (χ4n) is 4.20. The Balaban J connectivity index is 1.36. The van der Waals surface area contributed by atoms with Gasteiger partial charge in [0.25, 0.3) is 0 Å². The molecule has 146 valence electrons. The minimum atomic E-state index is -0.576. The van der Waals surface area contributed by atoms with Gasteiger partial charge in [0.2, 0.25) is 5.91 Å². The van der Waals surface area contributed by atoms with Crippen LogP contribution >= 0.6 is 0 Å². The first kappa shape index (κ1) is 18.7. The van der Waals surface area contributed by atoms with E-state index in [0.717, 1.165) is 31.4 Å². The van der Waals surface area contributed by atoms with Gasteiger partial charge in [-0.15, -0.1) is 0 Å². The summed E-state index contributed by atoms with van der Waals surface area (Å²) in [6.45, 7) is 0.793. The van der Waals surface area contributed by atoms with Gasteiger partial charge in [-0.25, -0.2) is 0 Å². The molecule has 1 aromatic heterocycles. The topological polar surface area (TPSA) is 58.4 Å². The zero-order valence-corrected chi connectivity index (χ0v) is 16.3. The highest BCUT2D eigenvalue weighted by Crippen LogP contribution is 2.28. The predicted octanol–water partition coefficient (Wildman–Crippen LogP) is 3.62. The zero-order valence-electron chi connectivity index (χ0n) is 16.3. The average molecular weight is 377 g/mol. The Hall–Kier alpha value is -2.66. The average Bonchev–Trinajstić information content (AvgIpc) is 3.35. The molecule has 0 aliphatic carbocycles. The summed E-state index contributed by atoms with van der Waals surface area (Å²) in [6, 6.07) is 14.8. The third-order valence-electron chi connectivity index (χ3n) is 5.74. The summed E-state index contributed by atoms with van der Waals surface area (Å²) in [7, 11) is 1.84. The van der Waals surface area contributed by atoms with Gasteiger partial charge in [0.1, 0.15) is 0 Å². The van der Waals surface area contributed by atoms with Crippen molar-refractivity contribution >= 4 is 16.7 Å². The van der Waals surface area contributed by atoms with E-state index in [1.165, 1.54) is 16.3 Å². The van der Waals surface area contributed by atoms with Crippen molar-refractivity contribution in [3.05, 3.63) is 66.0 Å². The molecular formula is C23H27N3O2. The number of nitrogens with zero attached hydrogens (tertiary/aromatic N) is 3. The van der Waals surface area contributed by atoms with Gasteiger partial charge in [0, 0.05) is 37.8 Å². The monoisotopic (exact) mass is 377 g/mol. The lowest BCUT2D eigenvalue weighted by Crippen LogP contribution is -2.36. The molecule has 5 nitrogen and oxygen atoms in total. The normalized spacial score (nSPS) is 17.9. The van der Waals surface area contributed by atoms with Gasteiger partial charge in [0.15, 0.2) is 0 Å². The highest BCUT2D eigenvalue weighted by Gasteiger charge is 2.30. The van der Waals surface area contributed by atoms with Crippen LogP contribution in [0, 0.1) is 0 Å². The Bertz CT molecular complexity index is 965. The van der Waals surface area contributed by atoms with Crippen LogP contribution in [-0.4, -0.2) is 38.3 Å². The number of fused-ring (bicyclic) bond motifs is 1. The largest absolute Gasteiger partial charge is 0.388 e. The molecule has 1 saturated heterocycles. The summed E-state index contributed by atoms with van der Waals surface area (Å²) in [5, 5.41) is 17.1. The van der Waals surface area contributed by atoms with Crippen LogP contribution in [0.25, 0.3) is 10.8 Å². The van der Waals surface area contributed by atoms with Crippen LogP contribution in [0.1, 0.15) is 42.9 Å². The molecule has 5 heteroatoms. The predicted molar refractivity (Wildman–Crippen MR) is 110 cm³/mol. The van der Waals surface area contributed by atoms with Gasteiger partial charge in [-0.3, -0.25) is 9.48 Å². The van der Waals surface area contributed by atoms with Crippen molar-refractivity contribution < 1.29 is 9.90 Å². The van der Waals surface area contributed by atoms with E-state index in [2.05, 4.69) is 35.4 Å². The number of aliphatic hydroxyl groups is 1. The molecule has 1 amide bonds. The Morgan fingerprint density at radius 1 is 1.25 bits per heavy atom. The molecule has 4 rings (SSSR count). The number of hydrogen-bond acceptors (Lipinski definition) is 3. The van der Waals surface area contributed by atoms with Gasteiger partial charge in [-0.05, 0) is 42.0 Å². The smallest absolute Gasteiger partial charge is 0.223 e. The molecule has 1 aliphatic rings. The first-order valence-electron chi connectivity index (χ1n) is 10.0. The van der Waals surface area contributed by atoms with Gasteiger partial charge >= 0.3 is 0 Å². The zero-order chi connectivity index (χ0) is 19.5. The molecule has 0 spiro atoms. The molecular weight excluding hydrogens is 350 g/mol. The van der Waals surface area contributed by atoms with Gasteiger partial charge in [0.05, 0.1) is 12.3 Å². The number of aryl methyl sites for hydroxylation is 2. The second-order valence-electron chi connectivity index (χ2n) is 7.76. The quantitative estimate of drug-likeness (QED) is 0.714. The minimum absolute atomic E-state index is 0.110. The number of hydrogen-bond donors (Lipinski definition) is 1. The molecule has 0 radical (unpaired) electrons. The number of aliphatic hydroxyl groups excluding tert-OH is 1. The Morgan fingerprint density at radius 3 is 2.86 bits per heavy atom. The number of benzene rings is 2. The van der Waals surface area contributed by atoms with E-state index in [0.29, 0.717) is 12.8 Å². The number of amides is 1. The fourth-order valence-corrected chi connectivity index (χ4v) is 4.20. The van der Waals surface area contributed by atoms with Crippen LogP contribution in [-0.2, 0) is 18.3 Å². The highest BCUT2D eigenvalue weighted by atomic mass is 16.3. The first-order chi connectivity index (χ1) is 13.6. The molecule has 3 aromatic rings. The van der Waals surface area contributed by atoms with Crippen LogP contribution in [0.4, 0.5) is 0 Å². The van der Waals surface area contributed by atoms with E-state index in [1.54, 1.807) is 10.9 Å². The standard InChI is InChI=1S/C23H27N3O2/c1-25-16-20(15-24-25)22(27)14-21-7-4-12-26(21)23(28)11-9-17-8-10-18-5-2-3-6-19(18)13-17/h2-3,5-6,8,10,13,15-16,21-22,27H,4,7,9,11-12,14H2,1H3/t21-,22+/m0/s1. The van der Waals surface area contributed by atoms with Gasteiger partial charge in [-0.1, -0.05) is 42.5 Å². The van der Waals surface area contributed by atoms with E-state index >= 15 is 0 Å². The number of carbonyl (C=O) groups is 1. The number of aromatic nitrogens is 2. The van der Waals surface area contributed by atoms with Crippen molar-refractivity contribution in [3.8, 4) is 0 Å². The van der Waals surface area contributed by atoms with E-state index in [9.17, 15) is 9.90 Å². The van der Waals surface area contributed by atoms with E-state index in [-0.39, 0.29) is 11.9 Å². The molecule has 2 heterocycles. The number of carbonyl (C=O) groups excluding carboxylic acids is 1. The molecule has 0 saturated carbocycles. The van der Waals surface area contributed by atoms with Crippen LogP contribution in [0.2, 0.25) is 0 Å².